The van der Waals surface area contributed by atoms with Gasteiger partial charge < -0.3 is 9.64 Å². The number of benzene rings is 1. The first kappa shape index (κ1) is 14.7. The van der Waals surface area contributed by atoms with Gasteiger partial charge in [0, 0.05) is 13.1 Å². The van der Waals surface area contributed by atoms with Crippen LogP contribution >= 0.6 is 0 Å². The number of para-hydroxylation sites is 1. The Morgan fingerprint density at radius 3 is 2.82 bits per heavy atom. The highest BCUT2D eigenvalue weighted by Crippen LogP contribution is 2.14. The van der Waals surface area contributed by atoms with Crippen molar-refractivity contribution in [2.45, 2.75) is 26.4 Å². The third-order valence-electron chi connectivity index (χ3n) is 3.85. The third-order valence-corrected chi connectivity index (χ3v) is 3.85. The molecule has 1 saturated heterocycles. The van der Waals surface area contributed by atoms with Crippen molar-refractivity contribution < 1.29 is 9.53 Å². The zero-order chi connectivity index (χ0) is 15.5. The molecule has 3 rings (SSSR count). The first-order chi connectivity index (χ1) is 10.7. The van der Waals surface area contributed by atoms with Crippen LogP contribution in [-0.4, -0.2) is 51.6 Å². The Morgan fingerprint density at radius 2 is 2.09 bits per heavy atom. The van der Waals surface area contributed by atoms with Crippen molar-refractivity contribution in [3.05, 3.63) is 41.7 Å². The molecule has 6 nitrogen and oxygen atoms in total. The molecule has 0 unspecified atom stereocenters. The molecule has 1 aliphatic rings. The molecule has 1 aromatic carbocycles. The van der Waals surface area contributed by atoms with Gasteiger partial charge >= 0.3 is 0 Å². The maximum Gasteiger partial charge on any atom is 0.276 e. The lowest BCUT2D eigenvalue weighted by molar-refractivity contribution is -0.0228. The number of carbonyl (C=O) groups excluding carboxylic acids is 1. The van der Waals surface area contributed by atoms with Crippen molar-refractivity contribution in [2.75, 3.05) is 19.7 Å². The number of rotatable bonds is 3. The third kappa shape index (κ3) is 2.87. The number of aryl methyl sites for hydroxylation is 1. The summed E-state index contributed by atoms with van der Waals surface area (Å²) in [6, 6.07) is 9.60. The molecule has 0 N–H and O–H groups in total. The molecule has 6 heteroatoms. The van der Waals surface area contributed by atoms with Crippen molar-refractivity contribution in [3.8, 4) is 5.69 Å². The highest BCUT2D eigenvalue weighted by Gasteiger charge is 2.27. The summed E-state index contributed by atoms with van der Waals surface area (Å²) in [7, 11) is 0. The predicted octanol–water partition coefficient (Wildman–Crippen LogP) is 1.83. The van der Waals surface area contributed by atoms with Gasteiger partial charge in [0.1, 0.15) is 0 Å². The van der Waals surface area contributed by atoms with Gasteiger partial charge in [0.15, 0.2) is 5.69 Å². The van der Waals surface area contributed by atoms with Crippen LogP contribution in [0.3, 0.4) is 0 Å². The lowest BCUT2D eigenvalue weighted by Crippen LogP contribution is -2.45. The second-order valence-electron chi connectivity index (χ2n) is 5.41. The minimum absolute atomic E-state index is 0.0681. The number of hydrogen-bond acceptors (Lipinski definition) is 4. The van der Waals surface area contributed by atoms with E-state index in [0.717, 1.165) is 12.1 Å². The van der Waals surface area contributed by atoms with Crippen molar-refractivity contribution in [3.63, 3.8) is 0 Å². The SMILES string of the molecule is CC[C@@H]1CN(C(=O)c2nn(-c3ccccc3)nc2C)CCO1. The predicted molar refractivity (Wildman–Crippen MR) is 82.0 cm³/mol. The van der Waals surface area contributed by atoms with Gasteiger partial charge in [0.05, 0.1) is 24.1 Å². The number of amides is 1. The summed E-state index contributed by atoms with van der Waals surface area (Å²) in [5.74, 6) is -0.0681. The fourth-order valence-electron chi connectivity index (χ4n) is 2.55. The van der Waals surface area contributed by atoms with Crippen LogP contribution in [0.1, 0.15) is 29.5 Å². The van der Waals surface area contributed by atoms with Crippen LogP contribution < -0.4 is 0 Å². The van der Waals surface area contributed by atoms with Crippen molar-refractivity contribution in [1.29, 1.82) is 0 Å². The molecule has 0 aliphatic carbocycles. The quantitative estimate of drug-likeness (QED) is 0.867. The molecule has 22 heavy (non-hydrogen) atoms. The van der Waals surface area contributed by atoms with Crippen molar-refractivity contribution in [2.24, 2.45) is 0 Å². The second-order valence-corrected chi connectivity index (χ2v) is 5.41. The molecular weight excluding hydrogens is 280 g/mol. The van der Waals surface area contributed by atoms with Gasteiger partial charge in [0.25, 0.3) is 5.91 Å². The Bertz CT molecular complexity index is 653. The molecule has 0 saturated carbocycles. The fraction of sp³-hybridized carbons (Fsp3) is 0.438. The summed E-state index contributed by atoms with van der Waals surface area (Å²) in [4.78, 5) is 16.0. The molecule has 1 atom stereocenters. The molecule has 1 fully saturated rings. The summed E-state index contributed by atoms with van der Waals surface area (Å²) in [6.07, 6.45) is 1.02. The maximum atomic E-state index is 12.7. The lowest BCUT2D eigenvalue weighted by Gasteiger charge is -2.32. The van der Waals surface area contributed by atoms with Crippen LogP contribution in [0.4, 0.5) is 0 Å². The number of aromatic nitrogens is 3. The van der Waals surface area contributed by atoms with Gasteiger partial charge in [0.2, 0.25) is 0 Å². The van der Waals surface area contributed by atoms with E-state index in [1.807, 2.05) is 42.2 Å². The second kappa shape index (κ2) is 6.27. The van der Waals surface area contributed by atoms with Crippen molar-refractivity contribution >= 4 is 5.91 Å². The first-order valence-corrected chi connectivity index (χ1v) is 7.59. The molecule has 0 spiro atoms. The van der Waals surface area contributed by atoms with E-state index in [4.69, 9.17) is 4.74 Å². The number of hydrogen-bond donors (Lipinski definition) is 0. The Labute approximate surface area is 129 Å². The van der Waals surface area contributed by atoms with E-state index >= 15 is 0 Å². The minimum Gasteiger partial charge on any atom is -0.375 e. The van der Waals surface area contributed by atoms with Gasteiger partial charge in [-0.25, -0.2) is 0 Å². The fourth-order valence-corrected chi connectivity index (χ4v) is 2.55. The first-order valence-electron chi connectivity index (χ1n) is 7.59. The monoisotopic (exact) mass is 300 g/mol. The summed E-state index contributed by atoms with van der Waals surface area (Å²) in [5.41, 5.74) is 1.91. The molecule has 2 aromatic rings. The zero-order valence-corrected chi connectivity index (χ0v) is 12.9. The van der Waals surface area contributed by atoms with Crippen LogP contribution in [0.5, 0.6) is 0 Å². The summed E-state index contributed by atoms with van der Waals surface area (Å²) in [6.45, 7) is 5.68. The number of morpholine rings is 1. The number of nitrogens with zero attached hydrogens (tertiary/aromatic N) is 4. The Balaban J connectivity index is 1.83. The van der Waals surface area contributed by atoms with Gasteiger partial charge in [-0.2, -0.15) is 9.90 Å². The molecule has 1 aliphatic heterocycles. The normalized spacial score (nSPS) is 18.5. The largest absolute Gasteiger partial charge is 0.375 e. The van der Waals surface area contributed by atoms with Gasteiger partial charge in [-0.05, 0) is 25.5 Å². The standard InChI is InChI=1S/C16H20N4O2/c1-3-14-11-19(9-10-22-14)16(21)15-12(2)17-20(18-15)13-7-5-4-6-8-13/h4-8,14H,3,9-11H2,1-2H3/t14-/m1/s1. The average Bonchev–Trinajstić information content (AvgIpc) is 2.97. The summed E-state index contributed by atoms with van der Waals surface area (Å²) in [5, 5.41) is 8.74. The molecule has 0 bridgehead atoms. The van der Waals surface area contributed by atoms with E-state index in [2.05, 4.69) is 17.1 Å². The summed E-state index contributed by atoms with van der Waals surface area (Å²) >= 11 is 0. The lowest BCUT2D eigenvalue weighted by atomic mass is 10.2. The Morgan fingerprint density at radius 1 is 1.32 bits per heavy atom. The highest BCUT2D eigenvalue weighted by molar-refractivity contribution is 5.93. The number of carbonyl (C=O) groups is 1. The van der Waals surface area contributed by atoms with E-state index in [-0.39, 0.29) is 12.0 Å². The van der Waals surface area contributed by atoms with E-state index in [9.17, 15) is 4.79 Å². The molecule has 2 heterocycles. The van der Waals surface area contributed by atoms with Crippen LogP contribution in [0, 0.1) is 6.92 Å². The number of ether oxygens (including phenoxy) is 1. The van der Waals surface area contributed by atoms with E-state index in [1.54, 1.807) is 0 Å². The zero-order valence-electron chi connectivity index (χ0n) is 12.9. The maximum absolute atomic E-state index is 12.7. The molecule has 0 radical (unpaired) electrons. The Kier molecular flexibility index (Phi) is 4.20. The minimum atomic E-state index is -0.0681. The van der Waals surface area contributed by atoms with Gasteiger partial charge in [-0.15, -0.1) is 5.10 Å². The highest BCUT2D eigenvalue weighted by atomic mass is 16.5. The van der Waals surface area contributed by atoms with E-state index in [1.165, 1.54) is 4.80 Å². The van der Waals surface area contributed by atoms with Crippen molar-refractivity contribution in [1.82, 2.24) is 19.9 Å². The van der Waals surface area contributed by atoms with E-state index in [0.29, 0.717) is 31.1 Å². The van der Waals surface area contributed by atoms with E-state index < -0.39 is 0 Å². The molecule has 1 aromatic heterocycles. The smallest absolute Gasteiger partial charge is 0.276 e. The van der Waals surface area contributed by atoms with Gasteiger partial charge in [-0.3, -0.25) is 4.79 Å². The summed E-state index contributed by atoms with van der Waals surface area (Å²) < 4.78 is 5.61. The van der Waals surface area contributed by atoms with Crippen LogP contribution in [-0.2, 0) is 4.74 Å². The van der Waals surface area contributed by atoms with Crippen LogP contribution in [0.2, 0.25) is 0 Å². The molecular formula is C16H20N4O2. The molecule has 1 amide bonds. The molecule has 116 valence electrons. The Hall–Kier alpha value is -2.21. The average molecular weight is 300 g/mol. The van der Waals surface area contributed by atoms with Gasteiger partial charge in [-0.1, -0.05) is 25.1 Å². The van der Waals surface area contributed by atoms with Crippen LogP contribution in [0.15, 0.2) is 30.3 Å². The topological polar surface area (TPSA) is 60.2 Å². The van der Waals surface area contributed by atoms with Crippen LogP contribution in [0.25, 0.3) is 5.69 Å².